The Bertz CT molecular complexity index is 1650. The van der Waals surface area contributed by atoms with E-state index in [-0.39, 0.29) is 18.9 Å². The second-order valence-electron chi connectivity index (χ2n) is 23.2. The van der Waals surface area contributed by atoms with Crippen LogP contribution in [0.25, 0.3) is 0 Å². The van der Waals surface area contributed by atoms with Gasteiger partial charge in [0, 0.05) is 6.42 Å². The standard InChI is InChI=1S/C68H121NO13/c1-3-5-7-9-11-13-15-17-19-21-22-23-24-25-26-27-28-29-30-31-32-33-34-36-38-40-42-44-46-48-50-52-60(73)69-56(57(72)51-49-47-45-43-41-39-37-35-20-18-16-14-12-10-8-6-4-2)55-79-67-65(78)63(76)66(59(54-71)81-67)82-68-64(77)62(75)61(74)58(53-70)80-68/h5,7,11,13,17,19,22-23,41,43,49,51,56-59,61-68,70-72,74-78H,3-4,6,8-10,12,14-16,18,20-21,24-40,42,44-48,50,52-55H2,1-2H3,(H,69,73)/b7-5-,13-11-,19-17-,23-22-,43-41+,51-49+. The van der Waals surface area contributed by atoms with Crippen LogP contribution in [0.3, 0.4) is 0 Å². The molecule has 12 unspecified atom stereocenters. The summed E-state index contributed by atoms with van der Waals surface area (Å²) in [4.78, 5) is 13.3. The molecule has 2 heterocycles. The number of carbonyl (C=O) groups is 1. The lowest BCUT2D eigenvalue weighted by molar-refractivity contribution is -0.359. The molecule has 12 atom stereocenters. The Morgan fingerprint density at radius 1 is 0.451 bits per heavy atom. The first-order chi connectivity index (χ1) is 40.1. The zero-order valence-corrected chi connectivity index (χ0v) is 51.5. The Morgan fingerprint density at radius 2 is 0.854 bits per heavy atom. The quantitative estimate of drug-likeness (QED) is 0.0204. The van der Waals surface area contributed by atoms with Crippen LogP contribution in [0.5, 0.6) is 0 Å². The summed E-state index contributed by atoms with van der Waals surface area (Å²) in [7, 11) is 0. The van der Waals surface area contributed by atoms with Gasteiger partial charge in [-0.05, 0) is 70.6 Å². The number of nitrogens with one attached hydrogen (secondary N) is 1. The van der Waals surface area contributed by atoms with E-state index in [1.54, 1.807) is 6.08 Å². The van der Waals surface area contributed by atoms with Gasteiger partial charge in [-0.15, -0.1) is 0 Å². The van der Waals surface area contributed by atoms with Crippen molar-refractivity contribution >= 4 is 5.91 Å². The molecule has 0 aliphatic carbocycles. The van der Waals surface area contributed by atoms with E-state index in [0.717, 1.165) is 57.8 Å². The van der Waals surface area contributed by atoms with E-state index in [4.69, 9.17) is 18.9 Å². The molecule has 14 nitrogen and oxygen atoms in total. The fourth-order valence-corrected chi connectivity index (χ4v) is 10.6. The highest BCUT2D eigenvalue weighted by molar-refractivity contribution is 5.76. The first kappa shape index (κ1) is 75.5. The van der Waals surface area contributed by atoms with Crippen LogP contribution in [0.1, 0.15) is 258 Å². The molecule has 476 valence electrons. The van der Waals surface area contributed by atoms with Crippen molar-refractivity contribution in [3.63, 3.8) is 0 Å². The topological polar surface area (TPSA) is 228 Å². The Morgan fingerprint density at radius 3 is 1.34 bits per heavy atom. The third-order valence-electron chi connectivity index (χ3n) is 15.9. The largest absolute Gasteiger partial charge is 0.394 e. The fraction of sp³-hybridized carbons (Fsp3) is 0.809. The van der Waals surface area contributed by atoms with Crippen LogP contribution in [0, 0.1) is 0 Å². The lowest BCUT2D eigenvalue weighted by atomic mass is 9.97. The summed E-state index contributed by atoms with van der Waals surface area (Å²) in [5.74, 6) is -0.248. The van der Waals surface area contributed by atoms with E-state index < -0.39 is 86.8 Å². The average Bonchev–Trinajstić information content (AvgIpc) is 3.52. The number of carbonyl (C=O) groups excluding carboxylic acids is 1. The molecule has 82 heavy (non-hydrogen) atoms. The van der Waals surface area contributed by atoms with Crippen LogP contribution in [-0.4, -0.2) is 140 Å². The van der Waals surface area contributed by atoms with Crippen molar-refractivity contribution in [3.8, 4) is 0 Å². The van der Waals surface area contributed by atoms with Gasteiger partial charge in [0.05, 0.1) is 32.0 Å². The molecule has 14 heteroatoms. The molecule has 1 amide bonds. The van der Waals surface area contributed by atoms with Gasteiger partial charge in [-0.25, -0.2) is 0 Å². The smallest absolute Gasteiger partial charge is 0.220 e. The monoisotopic (exact) mass is 1160 g/mol. The van der Waals surface area contributed by atoms with Crippen LogP contribution in [0.2, 0.25) is 0 Å². The molecule has 9 N–H and O–H groups in total. The molecular formula is C68H121NO13. The van der Waals surface area contributed by atoms with Crippen molar-refractivity contribution in [2.75, 3.05) is 19.8 Å². The van der Waals surface area contributed by atoms with Crippen LogP contribution >= 0.6 is 0 Å². The van der Waals surface area contributed by atoms with Crippen LogP contribution in [0.15, 0.2) is 72.9 Å². The molecule has 0 radical (unpaired) electrons. The zero-order valence-electron chi connectivity index (χ0n) is 51.5. The lowest BCUT2D eigenvalue weighted by Crippen LogP contribution is -2.65. The molecule has 2 fully saturated rings. The van der Waals surface area contributed by atoms with Crippen molar-refractivity contribution in [2.24, 2.45) is 0 Å². The summed E-state index contributed by atoms with van der Waals surface area (Å²) in [6.07, 6.45) is 53.8. The maximum Gasteiger partial charge on any atom is 0.220 e. The van der Waals surface area contributed by atoms with E-state index in [2.05, 4.69) is 79.9 Å². The van der Waals surface area contributed by atoms with E-state index >= 15 is 0 Å². The highest BCUT2D eigenvalue weighted by atomic mass is 16.7. The number of rotatable bonds is 53. The SMILES string of the molecule is CC/C=C\C/C=C\C/C=C\C/C=C\CCCCCCCCCCCCCCCCCCCCC(=O)NC(COC1OC(CO)C(OC2OC(CO)C(O)C(O)C2O)C(O)C1O)C(O)/C=C/CC/C=C/CCCCCCCCCCCCC. The maximum absolute atomic E-state index is 13.3. The number of allylic oxidation sites excluding steroid dienone is 11. The number of hydrogen-bond donors (Lipinski definition) is 9. The van der Waals surface area contributed by atoms with Gasteiger partial charge in [0.1, 0.15) is 48.8 Å². The number of unbranched alkanes of at least 4 members (excludes halogenated alkanes) is 30. The van der Waals surface area contributed by atoms with E-state index in [1.807, 2.05) is 6.08 Å². The molecule has 2 aliphatic heterocycles. The third kappa shape index (κ3) is 37.1. The Hall–Kier alpha value is -2.57. The minimum absolute atomic E-state index is 0.248. The van der Waals surface area contributed by atoms with Gasteiger partial charge in [-0.3, -0.25) is 4.79 Å². The number of aliphatic hydroxyl groups is 8. The second-order valence-corrected chi connectivity index (χ2v) is 23.2. The number of amides is 1. The first-order valence-electron chi connectivity index (χ1n) is 33.2. The lowest BCUT2D eigenvalue weighted by Gasteiger charge is -2.46. The minimum Gasteiger partial charge on any atom is -0.394 e. The van der Waals surface area contributed by atoms with E-state index in [0.29, 0.717) is 12.8 Å². The summed E-state index contributed by atoms with van der Waals surface area (Å²) < 4.78 is 22.8. The molecule has 0 saturated carbocycles. The molecular weight excluding hydrogens is 1040 g/mol. The highest BCUT2D eigenvalue weighted by Gasteiger charge is 2.51. The predicted molar refractivity (Wildman–Crippen MR) is 332 cm³/mol. The van der Waals surface area contributed by atoms with Gasteiger partial charge in [-0.1, -0.05) is 254 Å². The average molecular weight is 1160 g/mol. The Balaban J connectivity index is 1.67. The van der Waals surface area contributed by atoms with Crippen molar-refractivity contribution in [1.29, 1.82) is 0 Å². The normalized spacial score (nSPS) is 24.4. The van der Waals surface area contributed by atoms with Gasteiger partial charge in [0.25, 0.3) is 0 Å². The summed E-state index contributed by atoms with van der Waals surface area (Å²) in [5, 5.41) is 87.2. The van der Waals surface area contributed by atoms with Crippen LogP contribution < -0.4 is 5.32 Å². The minimum atomic E-state index is -1.79. The maximum atomic E-state index is 13.3. The molecule has 0 aromatic heterocycles. The van der Waals surface area contributed by atoms with Crippen molar-refractivity contribution in [3.05, 3.63) is 72.9 Å². The zero-order chi connectivity index (χ0) is 59.5. The third-order valence-corrected chi connectivity index (χ3v) is 15.9. The Kier molecular flexibility index (Phi) is 48.6. The second kappa shape index (κ2) is 52.7. The van der Waals surface area contributed by atoms with Crippen molar-refractivity contribution in [1.82, 2.24) is 5.32 Å². The van der Waals surface area contributed by atoms with Gasteiger partial charge in [0.15, 0.2) is 12.6 Å². The summed E-state index contributed by atoms with van der Waals surface area (Å²) in [5.41, 5.74) is 0. The van der Waals surface area contributed by atoms with E-state index in [1.165, 1.54) is 167 Å². The molecule has 0 aromatic carbocycles. The van der Waals surface area contributed by atoms with Gasteiger partial charge < -0.3 is 65.1 Å². The van der Waals surface area contributed by atoms with Crippen molar-refractivity contribution in [2.45, 2.75) is 331 Å². The summed E-state index contributed by atoms with van der Waals surface area (Å²) in [6, 6.07) is -0.933. The van der Waals surface area contributed by atoms with Gasteiger partial charge in [0.2, 0.25) is 5.91 Å². The molecule has 0 aromatic rings. The molecule has 0 spiro atoms. The Labute approximate surface area is 498 Å². The summed E-state index contributed by atoms with van der Waals surface area (Å²) >= 11 is 0. The van der Waals surface area contributed by atoms with Crippen LogP contribution in [0.4, 0.5) is 0 Å². The molecule has 2 aliphatic rings. The highest BCUT2D eigenvalue weighted by Crippen LogP contribution is 2.30. The molecule has 2 saturated heterocycles. The molecule has 0 bridgehead atoms. The van der Waals surface area contributed by atoms with E-state index in [9.17, 15) is 45.6 Å². The first-order valence-corrected chi connectivity index (χ1v) is 33.2. The fourth-order valence-electron chi connectivity index (χ4n) is 10.6. The number of hydrogen-bond acceptors (Lipinski definition) is 13. The molecule has 2 rings (SSSR count). The predicted octanol–water partition coefficient (Wildman–Crippen LogP) is 12.7. The van der Waals surface area contributed by atoms with Crippen LogP contribution in [-0.2, 0) is 23.7 Å². The van der Waals surface area contributed by atoms with Gasteiger partial charge in [-0.2, -0.15) is 0 Å². The number of ether oxygens (including phenoxy) is 4. The number of aliphatic hydroxyl groups excluding tert-OH is 8. The summed E-state index contributed by atoms with van der Waals surface area (Å²) in [6.45, 7) is 2.68. The van der Waals surface area contributed by atoms with Gasteiger partial charge >= 0.3 is 0 Å². The van der Waals surface area contributed by atoms with Crippen molar-refractivity contribution < 1.29 is 64.6 Å².